The Morgan fingerprint density at radius 2 is 2.38 bits per heavy atom. The van der Waals surface area contributed by atoms with E-state index in [4.69, 9.17) is 9.84 Å². The normalized spacial score (nSPS) is 9.69. The van der Waals surface area contributed by atoms with Crippen molar-refractivity contribution >= 4 is 5.97 Å². The number of carboxylic acid groups (broad SMARTS) is 1. The standard InChI is InChI=1S/C8H10N2O3/c1-3-13-7-6(8(11)12)4-9-5(2)10-7/h4H,3H2,1-2H3,(H,11,12). The summed E-state index contributed by atoms with van der Waals surface area (Å²) < 4.78 is 5.05. The second kappa shape index (κ2) is 3.84. The molecule has 5 nitrogen and oxygen atoms in total. The summed E-state index contributed by atoms with van der Waals surface area (Å²) in [5.74, 6) is -0.459. The number of aromatic carboxylic acids is 1. The van der Waals surface area contributed by atoms with Crippen LogP contribution in [0.2, 0.25) is 0 Å². The summed E-state index contributed by atoms with van der Waals surface area (Å²) in [5, 5.41) is 8.72. The van der Waals surface area contributed by atoms with Gasteiger partial charge in [-0.1, -0.05) is 0 Å². The van der Waals surface area contributed by atoms with E-state index in [1.807, 2.05) is 0 Å². The van der Waals surface area contributed by atoms with E-state index in [1.54, 1.807) is 13.8 Å². The Kier molecular flexibility index (Phi) is 2.79. The quantitative estimate of drug-likeness (QED) is 0.751. The van der Waals surface area contributed by atoms with Crippen LogP contribution in [-0.4, -0.2) is 27.7 Å². The lowest BCUT2D eigenvalue weighted by Crippen LogP contribution is -2.06. The van der Waals surface area contributed by atoms with Crippen LogP contribution in [-0.2, 0) is 0 Å². The van der Waals surface area contributed by atoms with Crippen LogP contribution >= 0.6 is 0 Å². The van der Waals surface area contributed by atoms with Crippen molar-refractivity contribution in [1.82, 2.24) is 9.97 Å². The zero-order chi connectivity index (χ0) is 9.84. The van der Waals surface area contributed by atoms with Crippen molar-refractivity contribution in [2.24, 2.45) is 0 Å². The van der Waals surface area contributed by atoms with Gasteiger partial charge in [0, 0.05) is 6.20 Å². The van der Waals surface area contributed by atoms with Crippen LogP contribution in [0.1, 0.15) is 23.1 Å². The molecule has 1 heterocycles. The second-order valence-corrected chi connectivity index (χ2v) is 2.37. The molecular weight excluding hydrogens is 172 g/mol. The lowest BCUT2D eigenvalue weighted by Gasteiger charge is -2.05. The summed E-state index contributed by atoms with van der Waals surface area (Å²) in [6.07, 6.45) is 1.25. The lowest BCUT2D eigenvalue weighted by molar-refractivity contribution is 0.0691. The van der Waals surface area contributed by atoms with E-state index >= 15 is 0 Å². The second-order valence-electron chi connectivity index (χ2n) is 2.37. The number of nitrogens with zero attached hydrogens (tertiary/aromatic N) is 2. The molecule has 1 aromatic rings. The fourth-order valence-electron chi connectivity index (χ4n) is 0.843. The van der Waals surface area contributed by atoms with Gasteiger partial charge < -0.3 is 9.84 Å². The van der Waals surface area contributed by atoms with E-state index in [9.17, 15) is 4.79 Å². The summed E-state index contributed by atoms with van der Waals surface area (Å²) in [4.78, 5) is 18.3. The van der Waals surface area contributed by atoms with Gasteiger partial charge in [0.25, 0.3) is 0 Å². The molecule has 1 rings (SSSR count). The maximum absolute atomic E-state index is 10.6. The van der Waals surface area contributed by atoms with Gasteiger partial charge in [-0.15, -0.1) is 0 Å². The molecule has 0 aliphatic rings. The third-order valence-electron chi connectivity index (χ3n) is 1.39. The predicted octanol–water partition coefficient (Wildman–Crippen LogP) is 0.882. The van der Waals surface area contributed by atoms with Crippen LogP contribution in [0.3, 0.4) is 0 Å². The van der Waals surface area contributed by atoms with E-state index < -0.39 is 5.97 Å². The van der Waals surface area contributed by atoms with Crippen molar-refractivity contribution in [3.05, 3.63) is 17.6 Å². The molecule has 0 atom stereocenters. The number of hydrogen-bond acceptors (Lipinski definition) is 4. The maximum atomic E-state index is 10.6. The summed E-state index contributed by atoms with van der Waals surface area (Å²) in [5.41, 5.74) is -0.00699. The van der Waals surface area contributed by atoms with E-state index in [1.165, 1.54) is 6.20 Å². The van der Waals surface area contributed by atoms with E-state index in [-0.39, 0.29) is 11.4 Å². The van der Waals surface area contributed by atoms with Gasteiger partial charge in [-0.3, -0.25) is 0 Å². The minimum Gasteiger partial charge on any atom is -0.477 e. The smallest absolute Gasteiger partial charge is 0.342 e. The van der Waals surface area contributed by atoms with Crippen molar-refractivity contribution in [2.75, 3.05) is 6.61 Å². The molecule has 0 aromatic carbocycles. The highest BCUT2D eigenvalue weighted by atomic mass is 16.5. The average molecular weight is 182 g/mol. The molecule has 13 heavy (non-hydrogen) atoms. The molecule has 0 radical (unpaired) electrons. The molecule has 0 fully saturated rings. The Bertz CT molecular complexity index is 325. The van der Waals surface area contributed by atoms with Crippen molar-refractivity contribution < 1.29 is 14.6 Å². The minimum atomic E-state index is -1.08. The molecule has 0 unspecified atom stereocenters. The van der Waals surface area contributed by atoms with Gasteiger partial charge in [0.2, 0.25) is 5.88 Å². The van der Waals surface area contributed by atoms with E-state index in [2.05, 4.69) is 9.97 Å². The maximum Gasteiger partial charge on any atom is 0.342 e. The zero-order valence-corrected chi connectivity index (χ0v) is 7.44. The number of rotatable bonds is 3. The molecule has 1 aromatic heterocycles. The van der Waals surface area contributed by atoms with Crippen molar-refractivity contribution in [2.45, 2.75) is 13.8 Å². The number of carbonyl (C=O) groups is 1. The monoisotopic (exact) mass is 182 g/mol. The van der Waals surface area contributed by atoms with Gasteiger partial charge in [0.1, 0.15) is 11.4 Å². The van der Waals surface area contributed by atoms with Crippen LogP contribution in [0, 0.1) is 6.92 Å². The zero-order valence-electron chi connectivity index (χ0n) is 7.44. The van der Waals surface area contributed by atoms with Crippen LogP contribution < -0.4 is 4.74 Å². The fourth-order valence-corrected chi connectivity index (χ4v) is 0.843. The first-order chi connectivity index (χ1) is 6.15. The molecule has 0 saturated carbocycles. The summed E-state index contributed by atoms with van der Waals surface area (Å²) in [6.45, 7) is 3.83. The van der Waals surface area contributed by atoms with Gasteiger partial charge >= 0.3 is 5.97 Å². The fraction of sp³-hybridized carbons (Fsp3) is 0.375. The van der Waals surface area contributed by atoms with E-state index in [0.717, 1.165) is 0 Å². The number of aromatic nitrogens is 2. The van der Waals surface area contributed by atoms with Crippen LogP contribution in [0.4, 0.5) is 0 Å². The topological polar surface area (TPSA) is 72.3 Å². The first kappa shape index (κ1) is 9.44. The third kappa shape index (κ3) is 2.14. The lowest BCUT2D eigenvalue weighted by atomic mass is 10.3. The third-order valence-corrected chi connectivity index (χ3v) is 1.39. The minimum absolute atomic E-state index is 0.00699. The Hall–Kier alpha value is -1.65. The SMILES string of the molecule is CCOc1nc(C)ncc1C(=O)O. The summed E-state index contributed by atoms with van der Waals surface area (Å²) in [6, 6.07) is 0. The van der Waals surface area contributed by atoms with Crippen LogP contribution in [0.15, 0.2) is 6.20 Å². The Balaban J connectivity index is 3.10. The molecule has 0 amide bonds. The molecule has 5 heteroatoms. The van der Waals surface area contributed by atoms with E-state index in [0.29, 0.717) is 12.4 Å². The van der Waals surface area contributed by atoms with Gasteiger partial charge in [0.05, 0.1) is 6.61 Å². The number of ether oxygens (including phenoxy) is 1. The van der Waals surface area contributed by atoms with Gasteiger partial charge in [-0.05, 0) is 13.8 Å². The van der Waals surface area contributed by atoms with Crippen molar-refractivity contribution in [3.8, 4) is 5.88 Å². The number of aryl methyl sites for hydroxylation is 1. The highest BCUT2D eigenvalue weighted by Gasteiger charge is 2.12. The molecule has 0 aliphatic heterocycles. The first-order valence-corrected chi connectivity index (χ1v) is 3.85. The average Bonchev–Trinajstić information content (AvgIpc) is 2.04. The molecule has 1 N–H and O–H groups in total. The van der Waals surface area contributed by atoms with Gasteiger partial charge in [-0.2, -0.15) is 4.98 Å². The predicted molar refractivity (Wildman–Crippen MR) is 44.9 cm³/mol. The van der Waals surface area contributed by atoms with Crippen molar-refractivity contribution in [1.29, 1.82) is 0 Å². The summed E-state index contributed by atoms with van der Waals surface area (Å²) in [7, 11) is 0. The molecule has 70 valence electrons. The Morgan fingerprint density at radius 1 is 1.69 bits per heavy atom. The van der Waals surface area contributed by atoms with Crippen LogP contribution in [0.5, 0.6) is 5.88 Å². The highest BCUT2D eigenvalue weighted by molar-refractivity contribution is 5.89. The Morgan fingerprint density at radius 3 is 2.92 bits per heavy atom. The molecule has 0 aliphatic carbocycles. The summed E-state index contributed by atoms with van der Waals surface area (Å²) >= 11 is 0. The molecule has 0 spiro atoms. The highest BCUT2D eigenvalue weighted by Crippen LogP contribution is 2.13. The van der Waals surface area contributed by atoms with Crippen molar-refractivity contribution in [3.63, 3.8) is 0 Å². The Labute approximate surface area is 75.4 Å². The largest absolute Gasteiger partial charge is 0.477 e. The number of carboxylic acids is 1. The molecular formula is C8H10N2O3. The first-order valence-electron chi connectivity index (χ1n) is 3.85. The van der Waals surface area contributed by atoms with Gasteiger partial charge in [-0.25, -0.2) is 9.78 Å². The van der Waals surface area contributed by atoms with Gasteiger partial charge in [0.15, 0.2) is 0 Å². The van der Waals surface area contributed by atoms with Crippen LogP contribution in [0.25, 0.3) is 0 Å². The molecule has 0 saturated heterocycles. The number of hydrogen-bond donors (Lipinski definition) is 1. The molecule has 0 bridgehead atoms.